The smallest absolute Gasteiger partial charge is 0.192 e. The van der Waals surface area contributed by atoms with Crippen LogP contribution in [0, 0.1) is 0 Å². The number of Topliss-reactive ketones (excluding diaryl/α,β-unsaturated/α-hetero) is 1. The summed E-state index contributed by atoms with van der Waals surface area (Å²) in [7, 11) is -1.63. The summed E-state index contributed by atoms with van der Waals surface area (Å²) in [4.78, 5) is 11.9. The SMILES string of the molecule is CC[Si](CC)(CC)OCC(=O)c1ccccc1. The van der Waals surface area contributed by atoms with E-state index in [4.69, 9.17) is 4.43 Å². The molecule has 0 radical (unpaired) electrons. The fourth-order valence-electron chi connectivity index (χ4n) is 1.98. The summed E-state index contributed by atoms with van der Waals surface area (Å²) in [5.41, 5.74) is 0.749. The van der Waals surface area contributed by atoms with Gasteiger partial charge >= 0.3 is 0 Å². The van der Waals surface area contributed by atoms with Crippen molar-refractivity contribution in [2.24, 2.45) is 0 Å². The van der Waals surface area contributed by atoms with Crippen LogP contribution in [-0.4, -0.2) is 20.7 Å². The number of carbonyl (C=O) groups is 1. The average Bonchev–Trinajstić information content (AvgIpc) is 2.41. The van der Waals surface area contributed by atoms with E-state index in [-0.39, 0.29) is 12.4 Å². The number of hydrogen-bond donors (Lipinski definition) is 0. The van der Waals surface area contributed by atoms with Crippen LogP contribution < -0.4 is 0 Å². The van der Waals surface area contributed by atoms with Gasteiger partial charge in [-0.1, -0.05) is 51.1 Å². The summed E-state index contributed by atoms with van der Waals surface area (Å²) in [6.45, 7) is 6.76. The van der Waals surface area contributed by atoms with Crippen LogP contribution in [-0.2, 0) is 4.43 Å². The Balaban J connectivity index is 2.59. The number of rotatable bonds is 7. The van der Waals surface area contributed by atoms with Gasteiger partial charge in [0.05, 0.1) is 6.61 Å². The largest absolute Gasteiger partial charge is 0.409 e. The molecule has 0 atom stereocenters. The molecule has 0 unspecified atom stereocenters. The quantitative estimate of drug-likeness (QED) is 0.542. The van der Waals surface area contributed by atoms with E-state index in [0.29, 0.717) is 0 Å². The Morgan fingerprint density at radius 1 is 1.06 bits per heavy atom. The molecule has 0 amide bonds. The van der Waals surface area contributed by atoms with Crippen LogP contribution in [0.2, 0.25) is 18.1 Å². The minimum atomic E-state index is -1.63. The zero-order chi connectivity index (χ0) is 12.7. The molecule has 0 fully saturated rings. The van der Waals surface area contributed by atoms with Gasteiger partial charge in [0.2, 0.25) is 0 Å². The first-order valence-corrected chi connectivity index (χ1v) is 8.92. The van der Waals surface area contributed by atoms with Crippen LogP contribution in [0.15, 0.2) is 30.3 Å². The molecule has 17 heavy (non-hydrogen) atoms. The minimum Gasteiger partial charge on any atom is -0.409 e. The molecule has 0 heterocycles. The lowest BCUT2D eigenvalue weighted by atomic mass is 10.1. The molecule has 1 aromatic rings. The molecular weight excluding hydrogens is 228 g/mol. The van der Waals surface area contributed by atoms with Crippen molar-refractivity contribution in [3.8, 4) is 0 Å². The summed E-state index contributed by atoms with van der Waals surface area (Å²) in [5.74, 6) is 0.0952. The van der Waals surface area contributed by atoms with Crippen LogP contribution in [0.4, 0.5) is 0 Å². The number of benzene rings is 1. The molecular formula is C14H22O2Si. The van der Waals surface area contributed by atoms with E-state index in [0.717, 1.165) is 23.7 Å². The van der Waals surface area contributed by atoms with Crippen LogP contribution in [0.3, 0.4) is 0 Å². The minimum absolute atomic E-state index is 0.0952. The van der Waals surface area contributed by atoms with E-state index >= 15 is 0 Å². The molecule has 1 rings (SSSR count). The molecule has 0 saturated heterocycles. The summed E-state index contributed by atoms with van der Waals surface area (Å²) in [6.07, 6.45) is 0. The Morgan fingerprint density at radius 3 is 2.06 bits per heavy atom. The van der Waals surface area contributed by atoms with E-state index in [1.54, 1.807) is 0 Å². The fourth-order valence-corrected chi connectivity index (χ4v) is 4.53. The highest BCUT2D eigenvalue weighted by Gasteiger charge is 2.29. The van der Waals surface area contributed by atoms with Gasteiger partial charge in [0.15, 0.2) is 14.1 Å². The van der Waals surface area contributed by atoms with Gasteiger partial charge in [0.25, 0.3) is 0 Å². The molecule has 94 valence electrons. The lowest BCUT2D eigenvalue weighted by molar-refractivity contribution is 0.0913. The zero-order valence-electron chi connectivity index (χ0n) is 11.0. The van der Waals surface area contributed by atoms with Gasteiger partial charge in [-0.25, -0.2) is 0 Å². The van der Waals surface area contributed by atoms with Gasteiger partial charge in [-0.15, -0.1) is 0 Å². The maximum Gasteiger partial charge on any atom is 0.192 e. The first kappa shape index (κ1) is 14.1. The molecule has 2 nitrogen and oxygen atoms in total. The van der Waals surface area contributed by atoms with E-state index in [2.05, 4.69) is 20.8 Å². The second-order valence-electron chi connectivity index (χ2n) is 4.32. The molecule has 1 aromatic carbocycles. The molecule has 0 aliphatic rings. The van der Waals surface area contributed by atoms with E-state index in [9.17, 15) is 4.79 Å². The van der Waals surface area contributed by atoms with Crippen molar-refractivity contribution in [3.63, 3.8) is 0 Å². The van der Waals surface area contributed by atoms with Crippen LogP contribution >= 0.6 is 0 Å². The van der Waals surface area contributed by atoms with Crippen LogP contribution in [0.25, 0.3) is 0 Å². The highest BCUT2D eigenvalue weighted by Crippen LogP contribution is 2.21. The lowest BCUT2D eigenvalue weighted by Gasteiger charge is -2.27. The van der Waals surface area contributed by atoms with Gasteiger partial charge < -0.3 is 4.43 Å². The Hall–Kier alpha value is -0.933. The first-order chi connectivity index (χ1) is 8.17. The van der Waals surface area contributed by atoms with Crippen molar-refractivity contribution in [1.82, 2.24) is 0 Å². The summed E-state index contributed by atoms with van der Waals surface area (Å²) >= 11 is 0. The van der Waals surface area contributed by atoms with Crippen molar-refractivity contribution in [2.75, 3.05) is 6.61 Å². The number of ketones is 1. The van der Waals surface area contributed by atoms with Crippen molar-refractivity contribution in [2.45, 2.75) is 38.9 Å². The Morgan fingerprint density at radius 2 is 1.59 bits per heavy atom. The van der Waals surface area contributed by atoms with Crippen molar-refractivity contribution >= 4 is 14.1 Å². The number of hydrogen-bond acceptors (Lipinski definition) is 2. The van der Waals surface area contributed by atoms with Gasteiger partial charge in [-0.2, -0.15) is 0 Å². The predicted molar refractivity (Wildman–Crippen MR) is 73.9 cm³/mol. The maximum absolute atomic E-state index is 11.9. The monoisotopic (exact) mass is 250 g/mol. The molecule has 0 N–H and O–H groups in total. The topological polar surface area (TPSA) is 26.3 Å². The highest BCUT2D eigenvalue weighted by atomic mass is 28.4. The molecule has 0 aliphatic carbocycles. The van der Waals surface area contributed by atoms with Crippen molar-refractivity contribution < 1.29 is 9.22 Å². The second-order valence-corrected chi connectivity index (χ2v) is 9.10. The van der Waals surface area contributed by atoms with Gasteiger partial charge in [0.1, 0.15) is 0 Å². The second kappa shape index (κ2) is 6.72. The highest BCUT2D eigenvalue weighted by molar-refractivity contribution is 6.73. The third kappa shape index (κ3) is 3.79. The molecule has 3 heteroatoms. The van der Waals surface area contributed by atoms with Gasteiger partial charge in [-0.3, -0.25) is 4.79 Å². The molecule has 0 saturated carbocycles. The van der Waals surface area contributed by atoms with E-state index in [1.807, 2.05) is 30.3 Å². The summed E-state index contributed by atoms with van der Waals surface area (Å²) in [5, 5.41) is 0. The van der Waals surface area contributed by atoms with Crippen LogP contribution in [0.1, 0.15) is 31.1 Å². The van der Waals surface area contributed by atoms with Gasteiger partial charge in [0, 0.05) is 5.56 Å². The van der Waals surface area contributed by atoms with Crippen molar-refractivity contribution in [1.29, 1.82) is 0 Å². The normalized spacial score (nSPS) is 11.5. The van der Waals surface area contributed by atoms with E-state index < -0.39 is 8.32 Å². The average molecular weight is 250 g/mol. The standard InChI is InChI=1S/C14H22O2Si/c1-4-17(5-2,6-3)16-12-14(15)13-10-8-7-9-11-13/h7-11H,4-6,12H2,1-3H3. The first-order valence-electron chi connectivity index (χ1n) is 6.39. The lowest BCUT2D eigenvalue weighted by Crippen LogP contribution is -2.37. The summed E-state index contributed by atoms with van der Waals surface area (Å²) in [6, 6.07) is 12.6. The van der Waals surface area contributed by atoms with Crippen LogP contribution in [0.5, 0.6) is 0 Å². The van der Waals surface area contributed by atoms with Gasteiger partial charge in [-0.05, 0) is 18.1 Å². The maximum atomic E-state index is 11.9. The fraction of sp³-hybridized carbons (Fsp3) is 0.500. The Kier molecular flexibility index (Phi) is 5.58. The third-order valence-corrected chi connectivity index (χ3v) is 8.16. The Bertz CT molecular complexity index is 336. The third-order valence-electron chi connectivity index (χ3n) is 3.54. The summed E-state index contributed by atoms with van der Waals surface area (Å²) < 4.78 is 5.98. The van der Waals surface area contributed by atoms with E-state index in [1.165, 1.54) is 0 Å². The molecule has 0 spiro atoms. The zero-order valence-corrected chi connectivity index (χ0v) is 12.0. The predicted octanol–water partition coefficient (Wildman–Crippen LogP) is 3.89. The number of carbonyl (C=O) groups excluding carboxylic acids is 1. The molecule has 0 bridgehead atoms. The molecule has 0 aliphatic heterocycles. The Labute approximate surface area is 105 Å². The van der Waals surface area contributed by atoms with Crippen molar-refractivity contribution in [3.05, 3.63) is 35.9 Å². The molecule has 0 aromatic heterocycles.